The van der Waals surface area contributed by atoms with Crippen LogP contribution in [-0.2, 0) is 18.4 Å². The predicted molar refractivity (Wildman–Crippen MR) is 109 cm³/mol. The number of aryl methyl sites for hydroxylation is 1. The van der Waals surface area contributed by atoms with Gasteiger partial charge < -0.3 is 4.74 Å². The summed E-state index contributed by atoms with van der Waals surface area (Å²) in [5.41, 5.74) is 0.988. The van der Waals surface area contributed by atoms with E-state index in [2.05, 4.69) is 10.2 Å². The summed E-state index contributed by atoms with van der Waals surface area (Å²) in [7, 11) is 1.64. The van der Waals surface area contributed by atoms with Crippen LogP contribution in [0.25, 0.3) is 27.5 Å². The van der Waals surface area contributed by atoms with Crippen molar-refractivity contribution in [1.29, 1.82) is 0 Å². The minimum absolute atomic E-state index is 0.0605. The van der Waals surface area contributed by atoms with Gasteiger partial charge in [-0.1, -0.05) is 42.5 Å². The number of carbonyl (C=O) groups excluding carboxylic acids is 1. The van der Waals surface area contributed by atoms with Crippen molar-refractivity contribution >= 4 is 33.4 Å². The van der Waals surface area contributed by atoms with Crippen LogP contribution in [0.2, 0.25) is 0 Å². The second-order valence-electron chi connectivity index (χ2n) is 6.77. The summed E-state index contributed by atoms with van der Waals surface area (Å²) in [4.78, 5) is 25.1. The fourth-order valence-electron chi connectivity index (χ4n) is 3.52. The number of rotatable bonds is 3. The van der Waals surface area contributed by atoms with Gasteiger partial charge in [-0.15, -0.1) is 10.2 Å². The highest BCUT2D eigenvalue weighted by Crippen LogP contribution is 2.18. The number of hydrogen-bond acceptors (Lipinski definition) is 5. The number of benzene rings is 3. The maximum atomic E-state index is 12.6. The molecule has 0 radical (unpaired) electrons. The highest BCUT2D eigenvalue weighted by Gasteiger charge is 2.16. The van der Waals surface area contributed by atoms with Crippen molar-refractivity contribution in [3.63, 3.8) is 0 Å². The van der Waals surface area contributed by atoms with Crippen molar-refractivity contribution in [1.82, 2.24) is 19.2 Å². The fraction of sp³-hybridized carbons (Fsp3) is 0.0909. The van der Waals surface area contributed by atoms with E-state index >= 15 is 0 Å². The second-order valence-corrected chi connectivity index (χ2v) is 6.77. The van der Waals surface area contributed by atoms with Gasteiger partial charge in [-0.3, -0.25) is 13.8 Å². The van der Waals surface area contributed by atoms with Crippen LogP contribution < -0.4 is 5.56 Å². The van der Waals surface area contributed by atoms with Gasteiger partial charge in [0.25, 0.3) is 5.56 Å². The SMILES string of the molecule is Cn1c(=O)c2ccccc2n2c(COC(=O)c3ccc4ccccc4c3)nnc12. The molecule has 2 aromatic heterocycles. The van der Waals surface area contributed by atoms with Crippen molar-refractivity contribution in [2.75, 3.05) is 0 Å². The Hall–Kier alpha value is -4.00. The Balaban J connectivity index is 1.50. The third-order valence-corrected chi connectivity index (χ3v) is 5.01. The third-order valence-electron chi connectivity index (χ3n) is 5.01. The van der Waals surface area contributed by atoms with Crippen LogP contribution in [-0.4, -0.2) is 25.1 Å². The van der Waals surface area contributed by atoms with Crippen molar-refractivity contribution in [3.8, 4) is 0 Å². The molecule has 0 fully saturated rings. The maximum Gasteiger partial charge on any atom is 0.338 e. The monoisotopic (exact) mass is 384 g/mol. The minimum atomic E-state index is -0.443. The Morgan fingerprint density at radius 3 is 2.59 bits per heavy atom. The highest BCUT2D eigenvalue weighted by molar-refractivity contribution is 5.95. The number of para-hydroxylation sites is 1. The number of ether oxygens (including phenoxy) is 1. The van der Waals surface area contributed by atoms with E-state index in [1.165, 1.54) is 4.57 Å². The normalized spacial score (nSPS) is 11.3. The lowest BCUT2D eigenvalue weighted by atomic mass is 10.1. The van der Waals surface area contributed by atoms with Crippen molar-refractivity contribution in [2.24, 2.45) is 7.05 Å². The molecule has 7 nitrogen and oxygen atoms in total. The lowest BCUT2D eigenvalue weighted by Gasteiger charge is -2.08. The Labute approximate surface area is 164 Å². The molecule has 2 heterocycles. The molecule has 0 aliphatic heterocycles. The van der Waals surface area contributed by atoms with Crippen LogP contribution in [0, 0.1) is 0 Å². The van der Waals surface area contributed by atoms with E-state index in [-0.39, 0.29) is 12.2 Å². The van der Waals surface area contributed by atoms with E-state index < -0.39 is 5.97 Å². The van der Waals surface area contributed by atoms with E-state index in [1.54, 1.807) is 35.7 Å². The molecule has 5 rings (SSSR count). The first-order valence-electron chi connectivity index (χ1n) is 9.11. The molecule has 0 saturated heterocycles. The van der Waals surface area contributed by atoms with Crippen LogP contribution in [0.4, 0.5) is 0 Å². The zero-order valence-corrected chi connectivity index (χ0v) is 15.6. The molecule has 5 aromatic rings. The van der Waals surface area contributed by atoms with Crippen molar-refractivity contribution < 1.29 is 9.53 Å². The summed E-state index contributed by atoms with van der Waals surface area (Å²) in [6.07, 6.45) is 0. The average molecular weight is 384 g/mol. The van der Waals surface area contributed by atoms with E-state index in [0.29, 0.717) is 28.1 Å². The van der Waals surface area contributed by atoms with Gasteiger partial charge in [-0.25, -0.2) is 4.79 Å². The van der Waals surface area contributed by atoms with Crippen LogP contribution in [0.1, 0.15) is 16.2 Å². The summed E-state index contributed by atoms with van der Waals surface area (Å²) >= 11 is 0. The molecule has 0 N–H and O–H groups in total. The Morgan fingerprint density at radius 1 is 0.966 bits per heavy atom. The molecule has 0 spiro atoms. The van der Waals surface area contributed by atoms with Gasteiger partial charge in [0.05, 0.1) is 16.5 Å². The average Bonchev–Trinajstić information content (AvgIpc) is 3.19. The number of aromatic nitrogens is 4. The maximum absolute atomic E-state index is 12.6. The van der Waals surface area contributed by atoms with Gasteiger partial charge in [0.15, 0.2) is 12.4 Å². The summed E-state index contributed by atoms with van der Waals surface area (Å²) < 4.78 is 8.67. The minimum Gasteiger partial charge on any atom is -0.454 e. The van der Waals surface area contributed by atoms with E-state index in [0.717, 1.165) is 10.8 Å². The number of fused-ring (bicyclic) bond motifs is 4. The third kappa shape index (κ3) is 2.75. The molecular formula is C22H16N4O3. The molecular weight excluding hydrogens is 368 g/mol. The first-order valence-corrected chi connectivity index (χ1v) is 9.11. The number of hydrogen-bond donors (Lipinski definition) is 0. The van der Waals surface area contributed by atoms with Crippen LogP contribution >= 0.6 is 0 Å². The molecule has 0 amide bonds. The zero-order chi connectivity index (χ0) is 20.0. The van der Waals surface area contributed by atoms with Crippen LogP contribution in [0.5, 0.6) is 0 Å². The topological polar surface area (TPSA) is 78.5 Å². The lowest BCUT2D eigenvalue weighted by Crippen LogP contribution is -2.20. The smallest absolute Gasteiger partial charge is 0.338 e. The number of carbonyl (C=O) groups is 1. The first-order chi connectivity index (χ1) is 14.1. The summed E-state index contributed by atoms with van der Waals surface area (Å²) in [6.45, 7) is -0.0605. The Kier molecular flexibility index (Phi) is 3.87. The summed E-state index contributed by atoms with van der Waals surface area (Å²) in [6, 6.07) is 20.5. The van der Waals surface area contributed by atoms with Crippen molar-refractivity contribution in [3.05, 3.63) is 88.5 Å². The zero-order valence-electron chi connectivity index (χ0n) is 15.6. The molecule has 3 aromatic carbocycles. The molecule has 0 aliphatic carbocycles. The Bertz CT molecular complexity index is 1470. The van der Waals surface area contributed by atoms with Gasteiger partial charge in [-0.05, 0) is 35.0 Å². The molecule has 142 valence electrons. The van der Waals surface area contributed by atoms with E-state index in [1.807, 2.05) is 42.5 Å². The number of nitrogens with zero attached hydrogens (tertiary/aromatic N) is 4. The van der Waals surface area contributed by atoms with E-state index in [4.69, 9.17) is 4.74 Å². The predicted octanol–water partition coefficient (Wildman–Crippen LogP) is 3.09. The fourth-order valence-corrected chi connectivity index (χ4v) is 3.52. The Morgan fingerprint density at radius 2 is 1.72 bits per heavy atom. The molecule has 29 heavy (non-hydrogen) atoms. The molecule has 0 aliphatic rings. The molecule has 0 unspecified atom stereocenters. The largest absolute Gasteiger partial charge is 0.454 e. The highest BCUT2D eigenvalue weighted by atomic mass is 16.5. The standard InChI is InChI=1S/C22H16N4O3/c1-25-20(27)17-8-4-5-9-18(17)26-19(23-24-22(25)26)13-29-21(28)16-11-10-14-6-2-3-7-15(14)12-16/h2-12H,13H2,1H3. The van der Waals surface area contributed by atoms with Gasteiger partial charge in [-0.2, -0.15) is 0 Å². The van der Waals surface area contributed by atoms with Crippen LogP contribution in [0.15, 0.2) is 71.5 Å². The van der Waals surface area contributed by atoms with Crippen LogP contribution in [0.3, 0.4) is 0 Å². The number of esters is 1. The molecule has 0 saturated carbocycles. The van der Waals surface area contributed by atoms with E-state index in [9.17, 15) is 9.59 Å². The molecule has 0 atom stereocenters. The summed E-state index contributed by atoms with van der Waals surface area (Å²) in [5, 5.41) is 10.8. The van der Waals surface area contributed by atoms with Gasteiger partial charge in [0, 0.05) is 7.05 Å². The second kappa shape index (κ2) is 6.56. The molecule has 7 heteroatoms. The lowest BCUT2D eigenvalue weighted by molar-refractivity contribution is 0.0461. The van der Waals surface area contributed by atoms with Gasteiger partial charge in [0.2, 0.25) is 5.78 Å². The molecule has 0 bridgehead atoms. The van der Waals surface area contributed by atoms with Gasteiger partial charge in [0.1, 0.15) is 0 Å². The van der Waals surface area contributed by atoms with Gasteiger partial charge >= 0.3 is 5.97 Å². The quantitative estimate of drug-likeness (QED) is 0.447. The van der Waals surface area contributed by atoms with Crippen molar-refractivity contribution in [2.45, 2.75) is 6.61 Å². The summed E-state index contributed by atoms with van der Waals surface area (Å²) in [5.74, 6) is 0.396. The first kappa shape index (κ1) is 17.1.